The van der Waals surface area contributed by atoms with Gasteiger partial charge in [0.25, 0.3) is 0 Å². The van der Waals surface area contributed by atoms with Crippen LogP contribution in [0.25, 0.3) is 0 Å². The first-order chi connectivity index (χ1) is 4.22. The molecule has 1 N–H and O–H groups in total. The molecule has 0 saturated heterocycles. The van der Waals surface area contributed by atoms with Crippen LogP contribution in [0.3, 0.4) is 0 Å². The van der Waals surface area contributed by atoms with E-state index in [0.717, 1.165) is 12.8 Å². The fraction of sp³-hybridized carbons (Fsp3) is 0.875. The minimum Gasteiger partial charge on any atom is -0.393 e. The summed E-state index contributed by atoms with van der Waals surface area (Å²) in [7, 11) is 0. The molecule has 1 aliphatic carbocycles. The molecule has 2 unspecified atom stereocenters. The summed E-state index contributed by atoms with van der Waals surface area (Å²) in [5.41, 5.74) is 0. The lowest BCUT2D eigenvalue weighted by atomic mass is 9.81. The van der Waals surface area contributed by atoms with Crippen molar-refractivity contribution in [3.05, 3.63) is 6.42 Å². The second-order valence-electron chi connectivity index (χ2n) is 3.21. The van der Waals surface area contributed by atoms with Crippen LogP contribution in [-0.2, 0) is 0 Å². The van der Waals surface area contributed by atoms with Crippen molar-refractivity contribution in [3.8, 4) is 0 Å². The number of hydrogen-bond donors (Lipinski definition) is 1. The predicted octanol–water partition coefficient (Wildman–Crippen LogP) is 1.62. The Morgan fingerprint density at radius 2 is 1.67 bits per heavy atom. The standard InChI is InChI=1S/C8H15O/c1-6-4-3-5-7(2)8(6)9/h3,6-9H,4-5H2,1-2H3. The van der Waals surface area contributed by atoms with Crippen LogP contribution < -0.4 is 0 Å². The van der Waals surface area contributed by atoms with E-state index >= 15 is 0 Å². The van der Waals surface area contributed by atoms with Crippen molar-refractivity contribution in [3.63, 3.8) is 0 Å². The Hall–Kier alpha value is -0.0400. The molecule has 0 aliphatic heterocycles. The molecule has 2 atom stereocenters. The number of rotatable bonds is 0. The van der Waals surface area contributed by atoms with E-state index in [2.05, 4.69) is 20.3 Å². The first kappa shape index (κ1) is 7.07. The SMILES string of the molecule is CC1C[CH]CC(C)C1O. The predicted molar refractivity (Wildman–Crippen MR) is 37.9 cm³/mol. The molecule has 1 rings (SSSR count). The largest absolute Gasteiger partial charge is 0.393 e. The molecule has 0 amide bonds. The summed E-state index contributed by atoms with van der Waals surface area (Å²) < 4.78 is 0. The van der Waals surface area contributed by atoms with Gasteiger partial charge in [0, 0.05) is 0 Å². The maximum absolute atomic E-state index is 9.43. The van der Waals surface area contributed by atoms with Crippen LogP contribution in [0, 0.1) is 18.3 Å². The maximum atomic E-state index is 9.43. The van der Waals surface area contributed by atoms with Gasteiger partial charge in [-0.2, -0.15) is 0 Å². The van der Waals surface area contributed by atoms with Gasteiger partial charge in [-0.25, -0.2) is 0 Å². The van der Waals surface area contributed by atoms with Gasteiger partial charge in [-0.3, -0.25) is 0 Å². The molecule has 0 heterocycles. The molecule has 1 saturated carbocycles. The monoisotopic (exact) mass is 127 g/mol. The smallest absolute Gasteiger partial charge is 0.0591 e. The van der Waals surface area contributed by atoms with E-state index in [1.165, 1.54) is 0 Å². The number of aliphatic hydroxyl groups is 1. The van der Waals surface area contributed by atoms with Gasteiger partial charge in [0.15, 0.2) is 0 Å². The van der Waals surface area contributed by atoms with Gasteiger partial charge in [-0.05, 0) is 31.1 Å². The molecule has 0 bridgehead atoms. The number of hydrogen-bond acceptors (Lipinski definition) is 1. The van der Waals surface area contributed by atoms with Crippen molar-refractivity contribution in [1.29, 1.82) is 0 Å². The van der Waals surface area contributed by atoms with Crippen LogP contribution >= 0.6 is 0 Å². The topological polar surface area (TPSA) is 20.2 Å². The lowest BCUT2D eigenvalue weighted by Crippen LogP contribution is -2.29. The highest BCUT2D eigenvalue weighted by Gasteiger charge is 2.24. The molecular formula is C8H15O. The van der Waals surface area contributed by atoms with Gasteiger partial charge in [0.2, 0.25) is 0 Å². The zero-order valence-corrected chi connectivity index (χ0v) is 6.17. The van der Waals surface area contributed by atoms with Crippen molar-refractivity contribution < 1.29 is 5.11 Å². The molecule has 9 heavy (non-hydrogen) atoms. The minimum absolute atomic E-state index is 0.0602. The molecule has 1 radical (unpaired) electrons. The number of aliphatic hydroxyl groups excluding tert-OH is 1. The van der Waals surface area contributed by atoms with Crippen LogP contribution in [0.1, 0.15) is 26.7 Å². The van der Waals surface area contributed by atoms with Gasteiger partial charge >= 0.3 is 0 Å². The second-order valence-corrected chi connectivity index (χ2v) is 3.21. The fourth-order valence-corrected chi connectivity index (χ4v) is 1.46. The highest BCUT2D eigenvalue weighted by atomic mass is 16.3. The highest BCUT2D eigenvalue weighted by molar-refractivity contribution is 4.85. The summed E-state index contributed by atoms with van der Waals surface area (Å²) in [5.74, 6) is 0.961. The molecule has 0 aromatic rings. The lowest BCUT2D eigenvalue weighted by Gasteiger charge is -2.29. The Morgan fingerprint density at radius 3 is 2.00 bits per heavy atom. The van der Waals surface area contributed by atoms with Crippen LogP contribution in [0.5, 0.6) is 0 Å². The van der Waals surface area contributed by atoms with Gasteiger partial charge in [-0.1, -0.05) is 13.8 Å². The van der Waals surface area contributed by atoms with E-state index in [1.54, 1.807) is 0 Å². The normalized spacial score (nSPS) is 45.0. The summed E-state index contributed by atoms with van der Waals surface area (Å²) in [4.78, 5) is 0. The van der Waals surface area contributed by atoms with Crippen LogP contribution in [-0.4, -0.2) is 11.2 Å². The molecule has 53 valence electrons. The summed E-state index contributed by atoms with van der Waals surface area (Å²) in [6, 6.07) is 0. The van der Waals surface area contributed by atoms with Crippen LogP contribution in [0.2, 0.25) is 0 Å². The third kappa shape index (κ3) is 1.45. The van der Waals surface area contributed by atoms with Gasteiger partial charge in [-0.15, -0.1) is 0 Å². The second kappa shape index (κ2) is 2.70. The molecule has 1 heteroatoms. The average Bonchev–Trinajstić information content (AvgIpc) is 1.83. The third-order valence-corrected chi connectivity index (χ3v) is 2.24. The molecule has 1 nitrogen and oxygen atoms in total. The van der Waals surface area contributed by atoms with E-state index in [0.29, 0.717) is 11.8 Å². The fourth-order valence-electron chi connectivity index (χ4n) is 1.46. The molecule has 1 fully saturated rings. The minimum atomic E-state index is -0.0602. The first-order valence-corrected chi connectivity index (χ1v) is 3.71. The Labute approximate surface area is 57.1 Å². The summed E-state index contributed by atoms with van der Waals surface area (Å²) >= 11 is 0. The molecule has 1 aliphatic rings. The molecule has 0 aromatic carbocycles. The van der Waals surface area contributed by atoms with E-state index in [-0.39, 0.29) is 6.10 Å². The summed E-state index contributed by atoms with van der Waals surface area (Å²) in [6.45, 7) is 4.22. The van der Waals surface area contributed by atoms with E-state index in [9.17, 15) is 5.11 Å². The van der Waals surface area contributed by atoms with Crippen molar-refractivity contribution >= 4 is 0 Å². The molecular weight excluding hydrogens is 112 g/mol. The van der Waals surface area contributed by atoms with Gasteiger partial charge < -0.3 is 5.11 Å². The van der Waals surface area contributed by atoms with Gasteiger partial charge in [0.1, 0.15) is 0 Å². The first-order valence-electron chi connectivity index (χ1n) is 3.71. The summed E-state index contributed by atoms with van der Waals surface area (Å²) in [5, 5.41) is 9.43. The Morgan fingerprint density at radius 1 is 1.22 bits per heavy atom. The van der Waals surface area contributed by atoms with E-state index in [1.807, 2.05) is 0 Å². The van der Waals surface area contributed by atoms with E-state index < -0.39 is 0 Å². The lowest BCUT2D eigenvalue weighted by molar-refractivity contribution is 0.0480. The Kier molecular flexibility index (Phi) is 2.12. The van der Waals surface area contributed by atoms with E-state index in [4.69, 9.17) is 0 Å². The van der Waals surface area contributed by atoms with Crippen molar-refractivity contribution in [1.82, 2.24) is 0 Å². The Balaban J connectivity index is 2.41. The Bertz CT molecular complexity index is 80.6. The highest BCUT2D eigenvalue weighted by Crippen LogP contribution is 2.27. The zero-order valence-electron chi connectivity index (χ0n) is 6.17. The third-order valence-electron chi connectivity index (χ3n) is 2.24. The van der Waals surface area contributed by atoms with Gasteiger partial charge in [0.05, 0.1) is 6.10 Å². The maximum Gasteiger partial charge on any atom is 0.0591 e. The van der Waals surface area contributed by atoms with Crippen LogP contribution in [0.15, 0.2) is 0 Å². The summed E-state index contributed by atoms with van der Waals surface area (Å²) in [6.07, 6.45) is 4.40. The quantitative estimate of drug-likeness (QED) is 0.524. The zero-order chi connectivity index (χ0) is 6.85. The van der Waals surface area contributed by atoms with Crippen molar-refractivity contribution in [2.45, 2.75) is 32.8 Å². The molecule has 0 spiro atoms. The van der Waals surface area contributed by atoms with Crippen molar-refractivity contribution in [2.75, 3.05) is 0 Å². The molecule has 0 aromatic heterocycles. The van der Waals surface area contributed by atoms with Crippen LogP contribution in [0.4, 0.5) is 0 Å². The van der Waals surface area contributed by atoms with Crippen molar-refractivity contribution in [2.24, 2.45) is 11.8 Å². The average molecular weight is 127 g/mol.